The van der Waals surface area contributed by atoms with Crippen molar-refractivity contribution >= 4 is 16.7 Å². The van der Waals surface area contributed by atoms with Gasteiger partial charge in [0.15, 0.2) is 0 Å². The molecule has 1 aromatic carbocycles. The Morgan fingerprint density at radius 2 is 2.30 bits per heavy atom. The van der Waals surface area contributed by atoms with Gasteiger partial charge in [-0.25, -0.2) is 0 Å². The van der Waals surface area contributed by atoms with Crippen LogP contribution in [0.4, 0.5) is 0 Å². The van der Waals surface area contributed by atoms with E-state index in [1.807, 2.05) is 16.8 Å². The van der Waals surface area contributed by atoms with E-state index in [-0.39, 0.29) is 5.92 Å². The molecule has 1 saturated heterocycles. The van der Waals surface area contributed by atoms with Crippen LogP contribution >= 0.6 is 0 Å². The Morgan fingerprint density at radius 1 is 1.45 bits per heavy atom. The Balaban J connectivity index is 1.85. The molecule has 1 fully saturated rings. The van der Waals surface area contributed by atoms with Crippen molar-refractivity contribution in [3.63, 3.8) is 0 Å². The number of benzene rings is 1. The molecule has 2 heterocycles. The highest BCUT2D eigenvalue weighted by Crippen LogP contribution is 2.21. The molecule has 106 valence electrons. The predicted octanol–water partition coefficient (Wildman–Crippen LogP) is 2.17. The van der Waals surface area contributed by atoms with E-state index in [4.69, 9.17) is 0 Å². The summed E-state index contributed by atoms with van der Waals surface area (Å²) in [5.41, 5.74) is 2.05. The molecule has 1 aliphatic rings. The zero-order chi connectivity index (χ0) is 13.9. The van der Waals surface area contributed by atoms with Crippen molar-refractivity contribution in [2.45, 2.75) is 32.7 Å². The number of carbonyl (C=O) groups is 1. The summed E-state index contributed by atoms with van der Waals surface area (Å²) in [7, 11) is 0. The summed E-state index contributed by atoms with van der Waals surface area (Å²) >= 11 is 0. The molecule has 3 rings (SSSR count). The minimum absolute atomic E-state index is 0.161. The zero-order valence-electron chi connectivity index (χ0n) is 11.9. The van der Waals surface area contributed by atoms with Crippen LogP contribution in [-0.4, -0.2) is 28.7 Å². The predicted molar refractivity (Wildman–Crippen MR) is 79.7 cm³/mol. The van der Waals surface area contributed by atoms with Crippen LogP contribution in [0.15, 0.2) is 24.3 Å². The van der Waals surface area contributed by atoms with Crippen LogP contribution in [0.1, 0.15) is 25.5 Å². The van der Waals surface area contributed by atoms with Crippen LogP contribution in [0.25, 0.3) is 10.9 Å². The lowest BCUT2D eigenvalue weighted by molar-refractivity contribution is -0.122. The summed E-state index contributed by atoms with van der Waals surface area (Å²) in [6.45, 7) is 4.78. The molecular weight excluding hydrogens is 250 g/mol. The molecule has 0 aliphatic carbocycles. The summed E-state index contributed by atoms with van der Waals surface area (Å²) in [6, 6.07) is 8.17. The smallest absolute Gasteiger partial charge is 0.143 e. The third kappa shape index (κ3) is 2.48. The van der Waals surface area contributed by atoms with E-state index < -0.39 is 0 Å². The number of nitrogens with one attached hydrogen (secondary N) is 1. The van der Waals surface area contributed by atoms with Crippen molar-refractivity contribution in [1.29, 1.82) is 0 Å². The zero-order valence-corrected chi connectivity index (χ0v) is 11.9. The van der Waals surface area contributed by atoms with Gasteiger partial charge in [0.05, 0.1) is 17.6 Å². The van der Waals surface area contributed by atoms with E-state index in [0.717, 1.165) is 49.1 Å². The van der Waals surface area contributed by atoms with Gasteiger partial charge in [-0.3, -0.25) is 9.48 Å². The molecule has 2 aromatic rings. The number of para-hydroxylation sites is 1. The Morgan fingerprint density at radius 3 is 3.05 bits per heavy atom. The van der Waals surface area contributed by atoms with Crippen LogP contribution in [0.2, 0.25) is 0 Å². The minimum atomic E-state index is 0.161. The second-order valence-electron chi connectivity index (χ2n) is 5.47. The highest BCUT2D eigenvalue weighted by atomic mass is 16.1. The summed E-state index contributed by atoms with van der Waals surface area (Å²) in [4.78, 5) is 12.4. The number of hydrogen-bond acceptors (Lipinski definition) is 3. The number of nitrogens with zero attached hydrogens (tertiary/aromatic N) is 2. The first-order valence-electron chi connectivity index (χ1n) is 7.47. The van der Waals surface area contributed by atoms with Gasteiger partial charge in [0.1, 0.15) is 5.78 Å². The number of fused-ring (bicyclic) bond motifs is 1. The van der Waals surface area contributed by atoms with Gasteiger partial charge < -0.3 is 5.32 Å². The van der Waals surface area contributed by atoms with Crippen LogP contribution in [0.5, 0.6) is 0 Å². The first kappa shape index (κ1) is 13.3. The number of Topliss-reactive ketones (excluding diaryl/α,β-unsaturated/α-hetero) is 1. The maximum Gasteiger partial charge on any atom is 0.143 e. The maximum atomic E-state index is 12.4. The lowest BCUT2D eigenvalue weighted by Gasteiger charge is -2.21. The average molecular weight is 271 g/mol. The lowest BCUT2D eigenvalue weighted by atomic mass is 9.92. The highest BCUT2D eigenvalue weighted by Gasteiger charge is 2.22. The molecule has 0 radical (unpaired) electrons. The molecule has 20 heavy (non-hydrogen) atoms. The number of ketones is 1. The molecule has 0 saturated carbocycles. The monoisotopic (exact) mass is 271 g/mol. The molecule has 0 amide bonds. The van der Waals surface area contributed by atoms with Crippen molar-refractivity contribution in [3.05, 3.63) is 30.0 Å². The van der Waals surface area contributed by atoms with E-state index in [1.54, 1.807) is 0 Å². The molecule has 1 atom stereocenters. The Labute approximate surface area is 119 Å². The summed E-state index contributed by atoms with van der Waals surface area (Å²) < 4.78 is 1.98. The van der Waals surface area contributed by atoms with Crippen molar-refractivity contribution in [2.24, 2.45) is 5.92 Å². The molecule has 0 spiro atoms. The Kier molecular flexibility index (Phi) is 3.83. The minimum Gasteiger partial charge on any atom is -0.316 e. The molecule has 1 unspecified atom stereocenters. The first-order chi connectivity index (χ1) is 9.79. The number of hydrogen-bond donors (Lipinski definition) is 1. The third-order valence-corrected chi connectivity index (χ3v) is 4.13. The van der Waals surface area contributed by atoms with Crippen LogP contribution < -0.4 is 5.32 Å². The first-order valence-corrected chi connectivity index (χ1v) is 7.47. The normalized spacial score (nSPS) is 19.4. The summed E-state index contributed by atoms with van der Waals surface area (Å²) in [5.74, 6) is 0.484. The molecule has 0 bridgehead atoms. The topological polar surface area (TPSA) is 46.9 Å². The van der Waals surface area contributed by atoms with E-state index in [0.29, 0.717) is 12.2 Å². The molecule has 1 aromatic heterocycles. The quantitative estimate of drug-likeness (QED) is 0.927. The van der Waals surface area contributed by atoms with Gasteiger partial charge in [0, 0.05) is 24.4 Å². The van der Waals surface area contributed by atoms with Gasteiger partial charge in [-0.15, -0.1) is 0 Å². The summed E-state index contributed by atoms with van der Waals surface area (Å²) in [5, 5.41) is 9.04. The highest BCUT2D eigenvalue weighted by molar-refractivity contribution is 5.89. The van der Waals surface area contributed by atoms with Gasteiger partial charge in [-0.1, -0.05) is 18.2 Å². The molecule has 4 nitrogen and oxygen atoms in total. The van der Waals surface area contributed by atoms with Crippen LogP contribution in [0, 0.1) is 5.92 Å². The van der Waals surface area contributed by atoms with Crippen molar-refractivity contribution < 1.29 is 4.79 Å². The standard InChI is InChI=1S/C16H21N3O/c1-2-19-15-8-4-3-7-13(15)14(18-19)10-16(20)12-6-5-9-17-11-12/h3-4,7-8,12,17H,2,5-6,9-11H2,1H3. The summed E-state index contributed by atoms with van der Waals surface area (Å²) in [6.07, 6.45) is 2.57. The molecular formula is C16H21N3O. The van der Waals surface area contributed by atoms with Crippen LogP contribution in [-0.2, 0) is 17.8 Å². The largest absolute Gasteiger partial charge is 0.316 e. The fourth-order valence-corrected chi connectivity index (χ4v) is 3.00. The van der Waals surface area contributed by atoms with Crippen molar-refractivity contribution in [3.8, 4) is 0 Å². The molecule has 1 aliphatic heterocycles. The number of aryl methyl sites for hydroxylation is 1. The van der Waals surface area contributed by atoms with Gasteiger partial charge in [0.25, 0.3) is 0 Å². The van der Waals surface area contributed by atoms with Crippen molar-refractivity contribution in [1.82, 2.24) is 15.1 Å². The van der Waals surface area contributed by atoms with Crippen LogP contribution in [0.3, 0.4) is 0 Å². The van der Waals surface area contributed by atoms with E-state index in [1.165, 1.54) is 0 Å². The number of piperidine rings is 1. The third-order valence-electron chi connectivity index (χ3n) is 4.13. The van der Waals surface area contributed by atoms with Crippen molar-refractivity contribution in [2.75, 3.05) is 13.1 Å². The second-order valence-corrected chi connectivity index (χ2v) is 5.47. The van der Waals surface area contributed by atoms with E-state index in [9.17, 15) is 4.79 Å². The number of rotatable bonds is 4. The molecule has 4 heteroatoms. The van der Waals surface area contributed by atoms with E-state index >= 15 is 0 Å². The van der Waals surface area contributed by atoms with Gasteiger partial charge in [-0.05, 0) is 32.4 Å². The Hall–Kier alpha value is -1.68. The van der Waals surface area contributed by atoms with E-state index in [2.05, 4.69) is 29.5 Å². The Bertz CT molecular complexity index is 611. The van der Waals surface area contributed by atoms with Gasteiger partial charge in [0.2, 0.25) is 0 Å². The average Bonchev–Trinajstić information content (AvgIpc) is 2.86. The molecule has 1 N–H and O–H groups in total. The SMILES string of the molecule is CCn1nc(CC(=O)C2CCCNC2)c2ccccc21. The number of aromatic nitrogens is 2. The van der Waals surface area contributed by atoms with Gasteiger partial charge >= 0.3 is 0 Å². The fraction of sp³-hybridized carbons (Fsp3) is 0.500. The van der Waals surface area contributed by atoms with Gasteiger partial charge in [-0.2, -0.15) is 5.10 Å². The second kappa shape index (κ2) is 5.75. The lowest BCUT2D eigenvalue weighted by Crippen LogP contribution is -2.35. The maximum absolute atomic E-state index is 12.4. The fourth-order valence-electron chi connectivity index (χ4n) is 3.00. The number of carbonyl (C=O) groups excluding carboxylic acids is 1.